The summed E-state index contributed by atoms with van der Waals surface area (Å²) in [6.07, 6.45) is 1.20. The molecular weight excluding hydrogens is 387 g/mol. The molecule has 7 heteroatoms. The van der Waals surface area contributed by atoms with E-state index in [4.69, 9.17) is 14.2 Å². The van der Waals surface area contributed by atoms with Crippen molar-refractivity contribution < 1.29 is 23.4 Å². The molecule has 0 unspecified atom stereocenters. The minimum Gasteiger partial charge on any atom is -0.493 e. The zero-order chi connectivity index (χ0) is 21.5. The quantitative estimate of drug-likeness (QED) is 0.582. The van der Waals surface area contributed by atoms with Crippen molar-refractivity contribution in [1.82, 2.24) is 4.90 Å². The predicted molar refractivity (Wildman–Crippen MR) is 115 cm³/mol. The minimum absolute atomic E-state index is 0.0410. The largest absolute Gasteiger partial charge is 0.493 e. The number of ketones is 1. The molecule has 162 valence electrons. The van der Waals surface area contributed by atoms with E-state index < -0.39 is 0 Å². The number of nitrogens with zero attached hydrogens (tertiary/aromatic N) is 2. The number of piperazine rings is 1. The van der Waals surface area contributed by atoms with Crippen LogP contribution in [0.4, 0.5) is 10.1 Å². The predicted octanol–water partition coefficient (Wildman–Crippen LogP) is 3.64. The van der Waals surface area contributed by atoms with Crippen molar-refractivity contribution in [2.45, 2.75) is 12.8 Å². The third-order valence-corrected chi connectivity index (χ3v) is 5.43. The molecule has 0 aliphatic carbocycles. The van der Waals surface area contributed by atoms with Crippen LogP contribution in [0.15, 0.2) is 36.4 Å². The molecule has 0 N–H and O–H groups in total. The van der Waals surface area contributed by atoms with Crippen LogP contribution in [0, 0.1) is 5.82 Å². The lowest BCUT2D eigenvalue weighted by atomic mass is 10.0. The van der Waals surface area contributed by atoms with E-state index in [0.717, 1.165) is 39.1 Å². The molecule has 1 saturated heterocycles. The highest BCUT2D eigenvalue weighted by molar-refractivity contribution is 5.97. The van der Waals surface area contributed by atoms with Crippen LogP contribution in [0.25, 0.3) is 0 Å². The Morgan fingerprint density at radius 3 is 2.17 bits per heavy atom. The van der Waals surface area contributed by atoms with Crippen LogP contribution in [0.3, 0.4) is 0 Å². The summed E-state index contributed by atoms with van der Waals surface area (Å²) in [5.41, 5.74) is 1.21. The van der Waals surface area contributed by atoms with E-state index in [2.05, 4.69) is 9.80 Å². The number of benzene rings is 2. The molecule has 1 fully saturated rings. The highest BCUT2D eigenvalue weighted by Gasteiger charge is 2.20. The highest BCUT2D eigenvalue weighted by Crippen LogP contribution is 2.38. The van der Waals surface area contributed by atoms with Crippen molar-refractivity contribution in [2.24, 2.45) is 0 Å². The first-order valence-corrected chi connectivity index (χ1v) is 10.1. The maximum Gasteiger partial charge on any atom is 0.203 e. The Morgan fingerprint density at radius 1 is 0.967 bits per heavy atom. The van der Waals surface area contributed by atoms with Crippen molar-refractivity contribution in [3.8, 4) is 17.2 Å². The molecule has 0 spiro atoms. The monoisotopic (exact) mass is 416 g/mol. The third-order valence-electron chi connectivity index (χ3n) is 5.43. The second-order valence-corrected chi connectivity index (χ2v) is 7.22. The SMILES string of the molecule is COc1cc(C(=O)CCCN2CCN(c3ccccc3F)CC2)cc(OC)c1OC. The molecule has 0 aromatic heterocycles. The number of para-hydroxylation sites is 1. The van der Waals surface area contributed by atoms with Crippen molar-refractivity contribution in [3.05, 3.63) is 47.8 Å². The van der Waals surface area contributed by atoms with E-state index in [-0.39, 0.29) is 11.6 Å². The first-order valence-electron chi connectivity index (χ1n) is 10.1. The molecular formula is C23H29FN2O4. The van der Waals surface area contributed by atoms with Crippen LogP contribution >= 0.6 is 0 Å². The van der Waals surface area contributed by atoms with Crippen molar-refractivity contribution in [1.29, 1.82) is 0 Å². The van der Waals surface area contributed by atoms with Crippen molar-refractivity contribution in [2.75, 3.05) is 59.0 Å². The first kappa shape index (κ1) is 21.9. The summed E-state index contributed by atoms with van der Waals surface area (Å²) in [6, 6.07) is 10.3. The lowest BCUT2D eigenvalue weighted by Gasteiger charge is -2.36. The van der Waals surface area contributed by atoms with Gasteiger partial charge in [0.2, 0.25) is 5.75 Å². The Labute approximate surface area is 177 Å². The molecule has 30 heavy (non-hydrogen) atoms. The van der Waals surface area contributed by atoms with Gasteiger partial charge >= 0.3 is 0 Å². The standard InChI is InChI=1S/C23H29FN2O4/c1-28-21-15-17(16-22(29-2)23(21)30-3)20(27)9-6-10-25-11-13-26(14-12-25)19-8-5-4-7-18(19)24/h4-5,7-8,15-16H,6,9-14H2,1-3H3. The second kappa shape index (κ2) is 10.3. The average molecular weight is 416 g/mol. The molecule has 0 atom stereocenters. The second-order valence-electron chi connectivity index (χ2n) is 7.22. The molecule has 0 amide bonds. The maximum absolute atomic E-state index is 14.0. The lowest BCUT2D eigenvalue weighted by molar-refractivity contribution is 0.0973. The number of hydrogen-bond donors (Lipinski definition) is 0. The Bertz CT molecular complexity index is 841. The van der Waals surface area contributed by atoms with Crippen LogP contribution in [0.1, 0.15) is 23.2 Å². The molecule has 2 aromatic carbocycles. The Kier molecular flexibility index (Phi) is 7.52. The topological polar surface area (TPSA) is 51.2 Å². The molecule has 0 radical (unpaired) electrons. The van der Waals surface area contributed by atoms with Gasteiger partial charge in [0.05, 0.1) is 27.0 Å². The number of methoxy groups -OCH3 is 3. The maximum atomic E-state index is 14.0. The molecule has 1 heterocycles. The van der Waals surface area contributed by atoms with Gasteiger partial charge in [0.25, 0.3) is 0 Å². The molecule has 0 saturated carbocycles. The number of carbonyl (C=O) groups is 1. The zero-order valence-corrected chi connectivity index (χ0v) is 17.8. The molecule has 1 aliphatic rings. The Balaban J connectivity index is 1.50. The van der Waals surface area contributed by atoms with Gasteiger partial charge < -0.3 is 19.1 Å². The number of Topliss-reactive ketones (excluding diaryl/α,β-unsaturated/α-hetero) is 1. The van der Waals surface area contributed by atoms with Crippen LogP contribution in [0.5, 0.6) is 17.2 Å². The van der Waals surface area contributed by atoms with E-state index in [0.29, 0.717) is 34.9 Å². The van der Waals surface area contributed by atoms with Crippen LogP contribution < -0.4 is 19.1 Å². The van der Waals surface area contributed by atoms with Gasteiger partial charge in [0, 0.05) is 38.2 Å². The fraction of sp³-hybridized carbons (Fsp3) is 0.435. The highest BCUT2D eigenvalue weighted by atomic mass is 19.1. The number of hydrogen-bond acceptors (Lipinski definition) is 6. The van der Waals surface area contributed by atoms with Gasteiger partial charge in [-0.15, -0.1) is 0 Å². The summed E-state index contributed by atoms with van der Waals surface area (Å²) < 4.78 is 29.9. The van der Waals surface area contributed by atoms with Crippen LogP contribution in [-0.2, 0) is 0 Å². The van der Waals surface area contributed by atoms with Gasteiger partial charge in [-0.2, -0.15) is 0 Å². The Hall–Kier alpha value is -2.80. The minimum atomic E-state index is -0.179. The van der Waals surface area contributed by atoms with Gasteiger partial charge in [0.1, 0.15) is 5.82 Å². The number of carbonyl (C=O) groups excluding carboxylic acids is 1. The zero-order valence-electron chi connectivity index (χ0n) is 17.8. The summed E-state index contributed by atoms with van der Waals surface area (Å²) in [6.45, 7) is 4.10. The normalized spacial score (nSPS) is 14.5. The van der Waals surface area contributed by atoms with Crippen LogP contribution in [0.2, 0.25) is 0 Å². The summed E-state index contributed by atoms with van der Waals surface area (Å²) in [4.78, 5) is 17.1. The number of halogens is 1. The lowest BCUT2D eigenvalue weighted by Crippen LogP contribution is -2.47. The van der Waals surface area contributed by atoms with E-state index in [9.17, 15) is 9.18 Å². The fourth-order valence-electron chi connectivity index (χ4n) is 3.77. The van der Waals surface area contributed by atoms with Gasteiger partial charge in [0.15, 0.2) is 17.3 Å². The molecule has 1 aliphatic heterocycles. The third kappa shape index (κ3) is 5.02. The van der Waals surface area contributed by atoms with Gasteiger partial charge in [-0.1, -0.05) is 12.1 Å². The summed E-state index contributed by atoms with van der Waals surface area (Å²) in [5, 5.41) is 0. The molecule has 0 bridgehead atoms. The number of anilines is 1. The molecule has 3 rings (SSSR count). The smallest absolute Gasteiger partial charge is 0.203 e. The van der Waals surface area contributed by atoms with E-state index in [1.807, 2.05) is 12.1 Å². The van der Waals surface area contributed by atoms with E-state index in [1.165, 1.54) is 27.4 Å². The summed E-state index contributed by atoms with van der Waals surface area (Å²) >= 11 is 0. The summed E-state index contributed by atoms with van der Waals surface area (Å²) in [7, 11) is 4.60. The number of ether oxygens (including phenoxy) is 3. The van der Waals surface area contributed by atoms with Gasteiger partial charge in [-0.3, -0.25) is 9.69 Å². The van der Waals surface area contributed by atoms with Gasteiger partial charge in [-0.05, 0) is 37.2 Å². The summed E-state index contributed by atoms with van der Waals surface area (Å²) in [5.74, 6) is 1.29. The number of rotatable bonds is 9. The first-order chi connectivity index (χ1) is 14.6. The van der Waals surface area contributed by atoms with E-state index in [1.54, 1.807) is 18.2 Å². The average Bonchev–Trinajstić information content (AvgIpc) is 2.78. The fourth-order valence-corrected chi connectivity index (χ4v) is 3.77. The Morgan fingerprint density at radius 2 is 1.60 bits per heavy atom. The molecule has 6 nitrogen and oxygen atoms in total. The van der Waals surface area contributed by atoms with Crippen LogP contribution in [-0.4, -0.2) is 64.7 Å². The van der Waals surface area contributed by atoms with Gasteiger partial charge in [-0.25, -0.2) is 4.39 Å². The van der Waals surface area contributed by atoms with E-state index >= 15 is 0 Å². The molecule has 2 aromatic rings. The van der Waals surface area contributed by atoms with Crippen molar-refractivity contribution in [3.63, 3.8) is 0 Å². The van der Waals surface area contributed by atoms with Crippen molar-refractivity contribution >= 4 is 11.5 Å².